The van der Waals surface area contributed by atoms with Crippen molar-refractivity contribution in [2.24, 2.45) is 23.3 Å². The largest absolute Gasteiger partial charge is 0.369 e. The van der Waals surface area contributed by atoms with Crippen LogP contribution in [0.3, 0.4) is 0 Å². The van der Waals surface area contributed by atoms with Gasteiger partial charge in [-0.1, -0.05) is 0 Å². The first-order chi connectivity index (χ1) is 11.8. The second kappa shape index (κ2) is 6.63. The maximum Gasteiger partial charge on any atom is 0.221 e. The van der Waals surface area contributed by atoms with Gasteiger partial charge in [0.15, 0.2) is 11.6 Å². The van der Waals surface area contributed by atoms with E-state index in [4.69, 9.17) is 11.5 Å². The zero-order valence-electron chi connectivity index (χ0n) is 13.6. The fourth-order valence-electron chi connectivity index (χ4n) is 4.10. The number of halogens is 2. The Balaban J connectivity index is 1.72. The molecule has 0 heterocycles. The van der Waals surface area contributed by atoms with Crippen LogP contribution < -0.4 is 11.5 Å². The molecular weight excluding hydrogens is 330 g/mol. The summed E-state index contributed by atoms with van der Waals surface area (Å²) in [5.41, 5.74) is 12.8. The molecule has 134 valence electrons. The normalized spacial score (nSPS) is 26.5. The topological polar surface area (TPSA) is 103 Å². The van der Waals surface area contributed by atoms with Crippen LogP contribution in [-0.4, -0.2) is 23.5 Å². The highest BCUT2D eigenvalue weighted by Crippen LogP contribution is 2.38. The third kappa shape index (κ3) is 3.33. The molecule has 2 aliphatic carbocycles. The van der Waals surface area contributed by atoms with Crippen molar-refractivity contribution in [1.29, 1.82) is 0 Å². The molecule has 1 aromatic rings. The van der Waals surface area contributed by atoms with E-state index < -0.39 is 35.4 Å². The summed E-state index contributed by atoms with van der Waals surface area (Å²) in [7, 11) is 0. The number of benzene rings is 1. The fourth-order valence-corrected chi connectivity index (χ4v) is 4.10. The summed E-state index contributed by atoms with van der Waals surface area (Å²) >= 11 is 0. The van der Waals surface area contributed by atoms with Crippen LogP contribution >= 0.6 is 0 Å². The molecule has 0 aromatic heterocycles. The molecular formula is C18H20F2N2O3. The van der Waals surface area contributed by atoms with Crippen LogP contribution in [0, 0.1) is 23.5 Å². The number of rotatable bonds is 5. The minimum Gasteiger partial charge on any atom is -0.369 e. The zero-order chi connectivity index (χ0) is 18.3. The van der Waals surface area contributed by atoms with Crippen molar-refractivity contribution >= 4 is 17.5 Å². The molecule has 4 N–H and O–H groups in total. The molecule has 7 heteroatoms. The van der Waals surface area contributed by atoms with E-state index in [0.717, 1.165) is 6.07 Å². The minimum absolute atomic E-state index is 0.00225. The molecule has 3 rings (SSSR count). The van der Waals surface area contributed by atoms with Gasteiger partial charge in [-0.25, -0.2) is 8.78 Å². The standard InChI is InChI=1S/C18H20F2N2O3/c19-14-3-8-1-2-10(11(8)6-15(14)20)16(21)7-17(24)12-4-9(23)5-13(12)18(22)25/h3,6,10,12-13,16H,1-2,4-5,7,21H2,(H2,22,25). The highest BCUT2D eigenvalue weighted by atomic mass is 19.2. The van der Waals surface area contributed by atoms with E-state index in [1.165, 1.54) is 6.07 Å². The lowest BCUT2D eigenvalue weighted by atomic mass is 9.84. The molecule has 0 spiro atoms. The molecule has 0 aliphatic heterocycles. The highest BCUT2D eigenvalue weighted by molar-refractivity contribution is 5.98. The number of carbonyl (C=O) groups is 3. The third-order valence-electron chi connectivity index (χ3n) is 5.42. The van der Waals surface area contributed by atoms with E-state index in [1.54, 1.807) is 0 Å². The van der Waals surface area contributed by atoms with Crippen molar-refractivity contribution in [2.45, 2.75) is 44.1 Å². The average Bonchev–Trinajstić information content (AvgIpc) is 3.11. The van der Waals surface area contributed by atoms with E-state index in [9.17, 15) is 23.2 Å². The average molecular weight is 350 g/mol. The fraction of sp³-hybridized carbons (Fsp3) is 0.500. The number of carbonyl (C=O) groups excluding carboxylic acids is 3. The molecule has 4 unspecified atom stereocenters. The monoisotopic (exact) mass is 350 g/mol. The molecule has 2 aliphatic rings. The number of hydrogen-bond acceptors (Lipinski definition) is 4. The number of amides is 1. The summed E-state index contributed by atoms with van der Waals surface area (Å²) in [5.74, 6) is -4.63. The first-order valence-corrected chi connectivity index (χ1v) is 8.35. The molecule has 1 fully saturated rings. The SMILES string of the molecule is NC(=O)C1CC(=O)CC1C(=O)CC(N)C1CCc2cc(F)c(F)cc21. The molecule has 1 saturated carbocycles. The van der Waals surface area contributed by atoms with E-state index in [1.807, 2.05) is 0 Å². The maximum atomic E-state index is 13.5. The van der Waals surface area contributed by atoms with Crippen molar-refractivity contribution in [1.82, 2.24) is 0 Å². The molecule has 4 atom stereocenters. The van der Waals surface area contributed by atoms with Crippen molar-refractivity contribution in [3.63, 3.8) is 0 Å². The van der Waals surface area contributed by atoms with Crippen LogP contribution in [-0.2, 0) is 20.8 Å². The Morgan fingerprint density at radius 1 is 1.16 bits per heavy atom. The first kappa shape index (κ1) is 17.7. The number of fused-ring (bicyclic) bond motifs is 1. The summed E-state index contributed by atoms with van der Waals surface area (Å²) in [6, 6.07) is 1.75. The van der Waals surface area contributed by atoms with E-state index in [0.29, 0.717) is 24.0 Å². The number of ketones is 2. The minimum atomic E-state index is -0.931. The second-order valence-corrected chi connectivity index (χ2v) is 7.01. The zero-order valence-corrected chi connectivity index (χ0v) is 13.6. The Morgan fingerprint density at radius 3 is 2.48 bits per heavy atom. The molecule has 0 saturated heterocycles. The number of primary amides is 1. The van der Waals surface area contributed by atoms with Crippen molar-refractivity contribution in [3.8, 4) is 0 Å². The Kier molecular flexibility index (Phi) is 4.69. The van der Waals surface area contributed by atoms with Crippen LogP contribution in [0.4, 0.5) is 8.78 Å². The van der Waals surface area contributed by atoms with Gasteiger partial charge in [-0.05, 0) is 36.1 Å². The summed E-state index contributed by atoms with van der Waals surface area (Å²) in [6.07, 6.45) is 1.17. The number of hydrogen-bond donors (Lipinski definition) is 2. The molecule has 1 amide bonds. The van der Waals surface area contributed by atoms with Crippen molar-refractivity contribution < 1.29 is 23.2 Å². The van der Waals surface area contributed by atoms with E-state index >= 15 is 0 Å². The molecule has 0 bridgehead atoms. The quantitative estimate of drug-likeness (QED) is 0.837. The van der Waals surface area contributed by atoms with Gasteiger partial charge < -0.3 is 11.5 Å². The van der Waals surface area contributed by atoms with E-state index in [-0.39, 0.29) is 36.7 Å². The van der Waals surface area contributed by atoms with Crippen LogP contribution in [0.25, 0.3) is 0 Å². The van der Waals surface area contributed by atoms with Gasteiger partial charge >= 0.3 is 0 Å². The predicted molar refractivity (Wildman–Crippen MR) is 85.4 cm³/mol. The van der Waals surface area contributed by atoms with Gasteiger partial charge in [-0.2, -0.15) is 0 Å². The maximum absolute atomic E-state index is 13.5. The molecule has 0 radical (unpaired) electrons. The van der Waals surface area contributed by atoms with E-state index in [2.05, 4.69) is 0 Å². The molecule has 25 heavy (non-hydrogen) atoms. The summed E-state index contributed by atoms with van der Waals surface area (Å²) < 4.78 is 26.9. The Labute approximate surface area is 143 Å². The number of aryl methyl sites for hydroxylation is 1. The molecule has 5 nitrogen and oxygen atoms in total. The Morgan fingerprint density at radius 2 is 1.80 bits per heavy atom. The van der Waals surface area contributed by atoms with Gasteiger partial charge in [-0.3, -0.25) is 14.4 Å². The van der Waals surface area contributed by atoms with Crippen LogP contribution in [0.15, 0.2) is 12.1 Å². The first-order valence-electron chi connectivity index (χ1n) is 8.35. The third-order valence-corrected chi connectivity index (χ3v) is 5.42. The Hall–Kier alpha value is -2.15. The summed E-state index contributed by atoms with van der Waals surface area (Å²) in [4.78, 5) is 35.6. The number of nitrogens with two attached hydrogens (primary N) is 2. The van der Waals surface area contributed by atoms with Crippen molar-refractivity contribution in [3.05, 3.63) is 34.9 Å². The summed E-state index contributed by atoms with van der Waals surface area (Å²) in [6.45, 7) is 0. The van der Waals surface area contributed by atoms with Crippen LogP contribution in [0.1, 0.15) is 42.7 Å². The second-order valence-electron chi connectivity index (χ2n) is 7.01. The van der Waals surface area contributed by atoms with Gasteiger partial charge in [0.25, 0.3) is 0 Å². The van der Waals surface area contributed by atoms with Gasteiger partial charge in [0.05, 0.1) is 5.92 Å². The summed E-state index contributed by atoms with van der Waals surface area (Å²) in [5, 5.41) is 0. The number of Topliss-reactive ketones (excluding diaryl/α,β-unsaturated/α-hetero) is 2. The van der Waals surface area contributed by atoms with Gasteiger partial charge in [0.1, 0.15) is 11.6 Å². The smallest absolute Gasteiger partial charge is 0.221 e. The van der Waals surface area contributed by atoms with Crippen LogP contribution in [0.5, 0.6) is 0 Å². The van der Waals surface area contributed by atoms with Crippen LogP contribution in [0.2, 0.25) is 0 Å². The van der Waals surface area contributed by atoms with Crippen molar-refractivity contribution in [2.75, 3.05) is 0 Å². The lowest BCUT2D eigenvalue weighted by molar-refractivity contribution is -0.131. The lowest BCUT2D eigenvalue weighted by Crippen LogP contribution is -2.36. The van der Waals surface area contributed by atoms with Gasteiger partial charge in [0, 0.05) is 37.1 Å². The Bertz CT molecular complexity index is 750. The molecule has 1 aromatic carbocycles. The lowest BCUT2D eigenvalue weighted by Gasteiger charge is -2.22. The highest BCUT2D eigenvalue weighted by Gasteiger charge is 2.42. The van der Waals surface area contributed by atoms with Gasteiger partial charge in [-0.15, -0.1) is 0 Å². The predicted octanol–water partition coefficient (Wildman–Crippen LogP) is 1.36. The van der Waals surface area contributed by atoms with Gasteiger partial charge in [0.2, 0.25) is 5.91 Å².